The first-order valence-electron chi connectivity index (χ1n) is 9.16. The van der Waals surface area contributed by atoms with Crippen molar-refractivity contribution in [1.29, 1.82) is 5.26 Å². The predicted molar refractivity (Wildman–Crippen MR) is 116 cm³/mol. The molecule has 8 nitrogen and oxygen atoms in total. The molecule has 9 heteroatoms. The van der Waals surface area contributed by atoms with Crippen molar-refractivity contribution < 1.29 is 14.6 Å². The topological polar surface area (TPSA) is 135 Å². The monoisotopic (exact) mass is 429 g/mol. The minimum Gasteiger partial charge on any atom is -0.472 e. The number of pyridine rings is 1. The van der Waals surface area contributed by atoms with E-state index in [-0.39, 0.29) is 18.3 Å². The summed E-state index contributed by atoms with van der Waals surface area (Å²) in [6.07, 6.45) is 3.15. The lowest BCUT2D eigenvalue weighted by Crippen LogP contribution is -2.39. The molecule has 0 saturated carbocycles. The fourth-order valence-electron chi connectivity index (χ4n) is 3.02. The maximum atomic E-state index is 9.84. The molecule has 0 atom stereocenters. The van der Waals surface area contributed by atoms with Gasteiger partial charge in [0.15, 0.2) is 0 Å². The van der Waals surface area contributed by atoms with E-state index in [0.29, 0.717) is 16.7 Å². The van der Waals surface area contributed by atoms with Crippen LogP contribution in [0.15, 0.2) is 81.2 Å². The molecular weight excluding hydrogens is 412 g/mol. The molecular formula is C22H17N6O2S+. The van der Waals surface area contributed by atoms with Gasteiger partial charge in [0.25, 0.3) is 0 Å². The Kier molecular flexibility index (Phi) is 5.82. The van der Waals surface area contributed by atoms with Gasteiger partial charge in [-0.2, -0.15) is 5.26 Å². The van der Waals surface area contributed by atoms with Gasteiger partial charge >= 0.3 is 5.84 Å². The van der Waals surface area contributed by atoms with E-state index in [4.69, 9.17) is 20.4 Å². The highest BCUT2D eigenvalue weighted by atomic mass is 32.1. The standard InChI is InChI=1S/C22H16N6O2S/c23-11-18-17(16-6-7-29-13-16)10-19(20-5-2-8-31-20)26-22(18)30-12-14-3-1-4-15(9-14)21(24)27-28-25/h1-10,13H,12H2,(H3,24,25,27)/p+1. The maximum Gasteiger partial charge on any atom is 0.350 e. The average molecular weight is 429 g/mol. The van der Waals surface area contributed by atoms with E-state index in [1.165, 1.54) is 0 Å². The number of rotatable bonds is 6. The third-order valence-corrected chi connectivity index (χ3v) is 5.36. The molecule has 0 radical (unpaired) electrons. The SMILES string of the molecule is N#Cc1c(-c2ccoc2)cc(-c2cccs2)nc1OCc1cccc(C(=[NH2+])N=NN)c1. The van der Waals surface area contributed by atoms with Gasteiger partial charge in [0.1, 0.15) is 18.2 Å². The summed E-state index contributed by atoms with van der Waals surface area (Å²) in [5.41, 5.74) is 4.01. The molecule has 0 aliphatic carbocycles. The number of hydrogen-bond donors (Lipinski definition) is 2. The highest BCUT2D eigenvalue weighted by Gasteiger charge is 2.18. The third-order valence-electron chi connectivity index (χ3n) is 4.47. The van der Waals surface area contributed by atoms with E-state index in [1.807, 2.05) is 41.8 Å². The summed E-state index contributed by atoms with van der Waals surface area (Å²) in [6.45, 7) is 0.182. The Balaban J connectivity index is 1.70. The normalized spacial score (nSPS) is 10.8. The fourth-order valence-corrected chi connectivity index (χ4v) is 3.71. The van der Waals surface area contributed by atoms with E-state index in [0.717, 1.165) is 21.7 Å². The molecule has 0 fully saturated rings. The first-order chi connectivity index (χ1) is 15.2. The number of furan rings is 1. The zero-order valence-corrected chi connectivity index (χ0v) is 17.0. The second-order valence-corrected chi connectivity index (χ2v) is 7.37. The Morgan fingerprint density at radius 2 is 2.16 bits per heavy atom. The minimum atomic E-state index is 0.182. The van der Waals surface area contributed by atoms with Crippen molar-refractivity contribution in [3.63, 3.8) is 0 Å². The Morgan fingerprint density at radius 3 is 2.87 bits per heavy atom. The van der Waals surface area contributed by atoms with E-state index < -0.39 is 0 Å². The summed E-state index contributed by atoms with van der Waals surface area (Å²) in [7, 11) is 0. The number of hydrogen-bond acceptors (Lipinski definition) is 6. The van der Waals surface area contributed by atoms with Crippen LogP contribution in [0, 0.1) is 11.3 Å². The van der Waals surface area contributed by atoms with Crippen LogP contribution in [0.4, 0.5) is 0 Å². The number of thiophene rings is 1. The van der Waals surface area contributed by atoms with Crippen molar-refractivity contribution >= 4 is 17.2 Å². The van der Waals surface area contributed by atoms with Crippen molar-refractivity contribution in [1.82, 2.24) is 4.98 Å². The molecule has 0 bridgehead atoms. The predicted octanol–water partition coefficient (Wildman–Crippen LogP) is 3.35. The van der Waals surface area contributed by atoms with Crippen LogP contribution in [0.5, 0.6) is 5.88 Å². The van der Waals surface area contributed by atoms with Crippen molar-refractivity contribution in [2.75, 3.05) is 0 Å². The smallest absolute Gasteiger partial charge is 0.350 e. The Labute approximate surface area is 181 Å². The van der Waals surface area contributed by atoms with E-state index in [2.05, 4.69) is 21.4 Å². The van der Waals surface area contributed by atoms with Crippen LogP contribution in [-0.2, 0) is 6.61 Å². The second kappa shape index (κ2) is 9.02. The van der Waals surface area contributed by atoms with Crippen molar-refractivity contribution in [2.45, 2.75) is 6.61 Å². The van der Waals surface area contributed by atoms with Crippen LogP contribution in [0.1, 0.15) is 16.7 Å². The van der Waals surface area contributed by atoms with Gasteiger partial charge < -0.3 is 9.15 Å². The first kappa shape index (κ1) is 20.0. The zero-order valence-electron chi connectivity index (χ0n) is 16.2. The van der Waals surface area contributed by atoms with Crippen LogP contribution >= 0.6 is 11.3 Å². The van der Waals surface area contributed by atoms with Crippen LogP contribution in [0.25, 0.3) is 21.7 Å². The largest absolute Gasteiger partial charge is 0.472 e. The van der Waals surface area contributed by atoms with Crippen molar-refractivity contribution in [3.8, 4) is 33.6 Å². The molecule has 3 aromatic heterocycles. The maximum absolute atomic E-state index is 9.84. The summed E-state index contributed by atoms with van der Waals surface area (Å²) < 4.78 is 11.2. The van der Waals surface area contributed by atoms with E-state index >= 15 is 0 Å². The molecule has 4 N–H and O–H groups in total. The lowest BCUT2D eigenvalue weighted by molar-refractivity contribution is -0.114. The summed E-state index contributed by atoms with van der Waals surface area (Å²) in [5, 5.41) is 24.5. The third kappa shape index (κ3) is 4.34. The van der Waals surface area contributed by atoms with Crippen LogP contribution in [0.3, 0.4) is 0 Å². The van der Waals surface area contributed by atoms with Gasteiger partial charge in [-0.1, -0.05) is 18.2 Å². The average Bonchev–Trinajstić information content (AvgIpc) is 3.52. The number of ether oxygens (including phenoxy) is 1. The summed E-state index contributed by atoms with van der Waals surface area (Å²) in [5.74, 6) is 5.51. The van der Waals surface area contributed by atoms with Gasteiger partial charge in [-0.3, -0.25) is 11.3 Å². The number of aromatic nitrogens is 1. The summed E-state index contributed by atoms with van der Waals surface area (Å²) in [6, 6.07) is 17.1. The fraction of sp³-hybridized carbons (Fsp3) is 0.0455. The Hall–Kier alpha value is -4.29. The molecule has 0 aliphatic rings. The van der Waals surface area contributed by atoms with E-state index in [9.17, 15) is 5.26 Å². The summed E-state index contributed by atoms with van der Waals surface area (Å²) >= 11 is 1.56. The van der Waals surface area contributed by atoms with Gasteiger partial charge in [-0.15, -0.1) is 11.3 Å². The quantitative estimate of drug-likeness (QED) is 0.159. The van der Waals surface area contributed by atoms with Crippen molar-refractivity contribution in [3.05, 3.63) is 83.1 Å². The molecule has 0 saturated heterocycles. The molecule has 0 unspecified atom stereocenters. The van der Waals surface area contributed by atoms with Gasteiger partial charge in [-0.25, -0.2) is 4.98 Å². The number of amidine groups is 1. The van der Waals surface area contributed by atoms with E-state index in [1.54, 1.807) is 36.0 Å². The molecule has 0 amide bonds. The lowest BCUT2D eigenvalue weighted by Gasteiger charge is -2.12. The summed E-state index contributed by atoms with van der Waals surface area (Å²) in [4.78, 5) is 5.58. The zero-order chi connectivity index (χ0) is 21.6. The first-order valence-corrected chi connectivity index (χ1v) is 10.0. The number of nitrogens with zero attached hydrogens (tertiary/aromatic N) is 4. The number of nitriles is 1. The highest BCUT2D eigenvalue weighted by molar-refractivity contribution is 7.13. The minimum absolute atomic E-state index is 0.182. The molecule has 4 aromatic rings. The van der Waals surface area contributed by atoms with Crippen LogP contribution < -0.4 is 16.0 Å². The molecule has 152 valence electrons. The molecule has 0 spiro atoms. The number of nitrogens with two attached hydrogens (primary N) is 2. The lowest BCUT2D eigenvalue weighted by atomic mass is 10.0. The second-order valence-electron chi connectivity index (χ2n) is 6.43. The Bertz CT molecular complexity index is 1270. The molecule has 4 rings (SSSR count). The number of benzene rings is 1. The Morgan fingerprint density at radius 1 is 1.26 bits per heavy atom. The van der Waals surface area contributed by atoms with Crippen LogP contribution in [0.2, 0.25) is 0 Å². The highest BCUT2D eigenvalue weighted by Crippen LogP contribution is 2.35. The van der Waals surface area contributed by atoms with Gasteiger partial charge in [-0.05, 0) is 41.3 Å². The van der Waals surface area contributed by atoms with Gasteiger partial charge in [0.2, 0.25) is 5.88 Å². The molecule has 1 aromatic carbocycles. The van der Waals surface area contributed by atoms with Crippen LogP contribution in [-0.4, -0.2) is 10.8 Å². The van der Waals surface area contributed by atoms with Gasteiger partial charge in [0, 0.05) is 16.4 Å². The molecule has 3 heterocycles. The van der Waals surface area contributed by atoms with Crippen molar-refractivity contribution in [2.24, 2.45) is 16.2 Å². The molecule has 31 heavy (non-hydrogen) atoms. The van der Waals surface area contributed by atoms with Gasteiger partial charge in [0.05, 0.1) is 33.8 Å². The molecule has 0 aliphatic heterocycles.